The standard InChI is InChI=1S/C14H10BrF2NO/c1-8-2-11(13(17)5-12(8)16)14(19)4-9-3-10(15)7-18-6-9/h2-3,5-7H,4H2,1H3. The molecule has 1 aromatic heterocycles. The summed E-state index contributed by atoms with van der Waals surface area (Å²) < 4.78 is 27.5. The Balaban J connectivity index is 2.28. The third-order valence-corrected chi connectivity index (χ3v) is 3.11. The number of hydrogen-bond donors (Lipinski definition) is 0. The molecule has 1 heterocycles. The van der Waals surface area contributed by atoms with Crippen LogP contribution < -0.4 is 0 Å². The van der Waals surface area contributed by atoms with E-state index in [4.69, 9.17) is 0 Å². The molecule has 0 saturated carbocycles. The van der Waals surface area contributed by atoms with Crippen molar-refractivity contribution in [3.05, 3.63) is 63.4 Å². The van der Waals surface area contributed by atoms with Crippen LogP contribution in [0.15, 0.2) is 35.1 Å². The van der Waals surface area contributed by atoms with Gasteiger partial charge in [0.25, 0.3) is 0 Å². The highest BCUT2D eigenvalue weighted by Gasteiger charge is 2.15. The first-order valence-electron chi connectivity index (χ1n) is 5.55. The zero-order valence-corrected chi connectivity index (χ0v) is 11.7. The van der Waals surface area contributed by atoms with Crippen LogP contribution in [0, 0.1) is 18.6 Å². The number of pyridine rings is 1. The van der Waals surface area contributed by atoms with Crippen molar-refractivity contribution in [3.63, 3.8) is 0 Å². The summed E-state index contributed by atoms with van der Waals surface area (Å²) >= 11 is 3.25. The highest BCUT2D eigenvalue weighted by molar-refractivity contribution is 9.10. The molecule has 0 aliphatic carbocycles. The highest BCUT2D eigenvalue weighted by Crippen LogP contribution is 2.17. The predicted molar refractivity (Wildman–Crippen MR) is 71.1 cm³/mol. The van der Waals surface area contributed by atoms with E-state index in [9.17, 15) is 13.6 Å². The lowest BCUT2D eigenvalue weighted by Crippen LogP contribution is -2.07. The van der Waals surface area contributed by atoms with Gasteiger partial charge in [0.1, 0.15) is 11.6 Å². The zero-order valence-electron chi connectivity index (χ0n) is 10.1. The molecule has 2 aromatic rings. The fourth-order valence-electron chi connectivity index (χ4n) is 1.70. The lowest BCUT2D eigenvalue weighted by Gasteiger charge is -2.05. The summed E-state index contributed by atoms with van der Waals surface area (Å²) in [6.45, 7) is 1.49. The minimum Gasteiger partial charge on any atom is -0.294 e. The van der Waals surface area contributed by atoms with E-state index in [-0.39, 0.29) is 17.5 Å². The Bertz CT molecular complexity index is 643. The third-order valence-electron chi connectivity index (χ3n) is 2.67. The van der Waals surface area contributed by atoms with Crippen molar-refractivity contribution in [2.24, 2.45) is 0 Å². The van der Waals surface area contributed by atoms with E-state index in [2.05, 4.69) is 20.9 Å². The molecule has 0 aliphatic rings. The van der Waals surface area contributed by atoms with E-state index in [0.717, 1.165) is 10.5 Å². The number of halogens is 3. The number of ketones is 1. The van der Waals surface area contributed by atoms with Crippen LogP contribution in [0.5, 0.6) is 0 Å². The first-order chi connectivity index (χ1) is 8.97. The molecular weight excluding hydrogens is 316 g/mol. The molecule has 2 rings (SSSR count). The molecule has 0 N–H and O–H groups in total. The Morgan fingerprint density at radius 3 is 2.63 bits per heavy atom. The van der Waals surface area contributed by atoms with Crippen LogP contribution in [0.25, 0.3) is 0 Å². The molecule has 19 heavy (non-hydrogen) atoms. The minimum atomic E-state index is -0.837. The average Bonchev–Trinajstić information content (AvgIpc) is 2.33. The molecule has 0 spiro atoms. The Labute approximate surface area is 117 Å². The van der Waals surface area contributed by atoms with Gasteiger partial charge in [0.05, 0.1) is 5.56 Å². The van der Waals surface area contributed by atoms with Gasteiger partial charge in [-0.3, -0.25) is 9.78 Å². The van der Waals surface area contributed by atoms with Crippen LogP contribution in [0.3, 0.4) is 0 Å². The SMILES string of the molecule is Cc1cc(C(=O)Cc2cncc(Br)c2)c(F)cc1F. The molecule has 0 fully saturated rings. The number of carbonyl (C=O) groups excluding carboxylic acids is 1. The summed E-state index contributed by atoms with van der Waals surface area (Å²) in [5.41, 5.74) is 0.816. The summed E-state index contributed by atoms with van der Waals surface area (Å²) in [5, 5.41) is 0. The molecule has 98 valence electrons. The molecule has 1 aromatic carbocycles. The summed E-state index contributed by atoms with van der Waals surface area (Å²) in [6, 6.07) is 3.71. The van der Waals surface area contributed by atoms with Gasteiger partial charge in [-0.2, -0.15) is 0 Å². The second-order valence-corrected chi connectivity index (χ2v) is 5.11. The van der Waals surface area contributed by atoms with Crippen molar-refractivity contribution in [1.82, 2.24) is 4.98 Å². The number of carbonyl (C=O) groups is 1. The molecule has 0 aliphatic heterocycles. The van der Waals surface area contributed by atoms with Gasteiger partial charge >= 0.3 is 0 Å². The second kappa shape index (κ2) is 5.57. The summed E-state index contributed by atoms with van der Waals surface area (Å²) in [4.78, 5) is 15.9. The topological polar surface area (TPSA) is 30.0 Å². The summed E-state index contributed by atoms with van der Waals surface area (Å²) in [7, 11) is 0. The van der Waals surface area contributed by atoms with E-state index in [1.54, 1.807) is 12.3 Å². The molecule has 0 bridgehead atoms. The van der Waals surface area contributed by atoms with Gasteiger partial charge in [0.15, 0.2) is 5.78 Å². The maximum absolute atomic E-state index is 13.6. The van der Waals surface area contributed by atoms with Gasteiger partial charge in [-0.25, -0.2) is 8.78 Å². The molecule has 2 nitrogen and oxygen atoms in total. The van der Waals surface area contributed by atoms with Crippen LogP contribution in [0.2, 0.25) is 0 Å². The smallest absolute Gasteiger partial charge is 0.170 e. The highest BCUT2D eigenvalue weighted by atomic mass is 79.9. The molecule has 0 amide bonds. The van der Waals surface area contributed by atoms with E-state index in [1.165, 1.54) is 19.2 Å². The Hall–Kier alpha value is -1.62. The van der Waals surface area contributed by atoms with Gasteiger partial charge in [-0.15, -0.1) is 0 Å². The number of benzene rings is 1. The van der Waals surface area contributed by atoms with Crippen molar-refractivity contribution >= 4 is 21.7 Å². The number of aryl methyl sites for hydroxylation is 1. The van der Waals surface area contributed by atoms with Crippen LogP contribution >= 0.6 is 15.9 Å². The normalized spacial score (nSPS) is 10.5. The lowest BCUT2D eigenvalue weighted by molar-refractivity contribution is 0.0989. The maximum Gasteiger partial charge on any atom is 0.170 e. The van der Waals surface area contributed by atoms with Crippen molar-refractivity contribution in [2.45, 2.75) is 13.3 Å². The van der Waals surface area contributed by atoms with E-state index in [1.807, 2.05) is 0 Å². The Morgan fingerprint density at radius 2 is 1.95 bits per heavy atom. The number of hydrogen-bond acceptors (Lipinski definition) is 2. The second-order valence-electron chi connectivity index (χ2n) is 4.19. The molecule has 0 radical (unpaired) electrons. The maximum atomic E-state index is 13.6. The van der Waals surface area contributed by atoms with Crippen LogP contribution in [-0.4, -0.2) is 10.8 Å². The van der Waals surface area contributed by atoms with Gasteiger partial charge in [-0.05, 0) is 46.1 Å². The first kappa shape index (κ1) is 13.8. The Kier molecular flexibility index (Phi) is 4.04. The number of aromatic nitrogens is 1. The average molecular weight is 326 g/mol. The fourth-order valence-corrected chi connectivity index (χ4v) is 2.12. The van der Waals surface area contributed by atoms with Gasteiger partial charge in [0, 0.05) is 29.4 Å². The van der Waals surface area contributed by atoms with E-state index in [0.29, 0.717) is 5.56 Å². The van der Waals surface area contributed by atoms with Gasteiger partial charge < -0.3 is 0 Å². The van der Waals surface area contributed by atoms with Gasteiger partial charge in [0.2, 0.25) is 0 Å². The van der Waals surface area contributed by atoms with Crippen molar-refractivity contribution in [2.75, 3.05) is 0 Å². The third kappa shape index (κ3) is 3.23. The number of Topliss-reactive ketones (excluding diaryl/α,β-unsaturated/α-hetero) is 1. The van der Waals surface area contributed by atoms with E-state index < -0.39 is 17.4 Å². The summed E-state index contributed by atoms with van der Waals surface area (Å²) in [6.07, 6.45) is 3.15. The van der Waals surface area contributed by atoms with Crippen LogP contribution in [0.4, 0.5) is 8.78 Å². The molecular formula is C14H10BrF2NO. The zero-order chi connectivity index (χ0) is 14.0. The van der Waals surface area contributed by atoms with Crippen LogP contribution in [0.1, 0.15) is 21.5 Å². The molecule has 0 unspecified atom stereocenters. The first-order valence-corrected chi connectivity index (χ1v) is 6.35. The predicted octanol–water partition coefficient (Wildman–Crippen LogP) is 3.86. The molecule has 0 saturated heterocycles. The quantitative estimate of drug-likeness (QED) is 0.802. The Morgan fingerprint density at radius 1 is 1.21 bits per heavy atom. The summed E-state index contributed by atoms with van der Waals surface area (Å²) in [5.74, 6) is -1.89. The molecule has 5 heteroatoms. The minimum absolute atomic E-state index is 0.0223. The van der Waals surface area contributed by atoms with Crippen LogP contribution in [-0.2, 0) is 6.42 Å². The van der Waals surface area contributed by atoms with Crippen molar-refractivity contribution in [1.29, 1.82) is 0 Å². The molecule has 0 atom stereocenters. The van der Waals surface area contributed by atoms with Crippen molar-refractivity contribution in [3.8, 4) is 0 Å². The number of nitrogens with zero attached hydrogens (tertiary/aromatic N) is 1. The van der Waals surface area contributed by atoms with Crippen molar-refractivity contribution < 1.29 is 13.6 Å². The van der Waals surface area contributed by atoms with Gasteiger partial charge in [-0.1, -0.05) is 0 Å². The monoisotopic (exact) mass is 325 g/mol. The lowest BCUT2D eigenvalue weighted by atomic mass is 10.0. The number of rotatable bonds is 3. The van der Waals surface area contributed by atoms with E-state index >= 15 is 0 Å². The fraction of sp³-hybridized carbons (Fsp3) is 0.143. The largest absolute Gasteiger partial charge is 0.294 e.